The molecule has 20 heavy (non-hydrogen) atoms. The van der Waals surface area contributed by atoms with E-state index in [1.807, 2.05) is 24.3 Å². The summed E-state index contributed by atoms with van der Waals surface area (Å²) < 4.78 is 18.6. The van der Waals surface area contributed by atoms with Gasteiger partial charge >= 0.3 is 0 Å². The van der Waals surface area contributed by atoms with Gasteiger partial charge in [-0.3, -0.25) is 0 Å². The molecule has 1 aromatic carbocycles. The molecule has 0 aliphatic rings. The van der Waals surface area contributed by atoms with Crippen molar-refractivity contribution in [3.8, 4) is 11.3 Å². The number of furan rings is 1. The van der Waals surface area contributed by atoms with E-state index in [-0.39, 0.29) is 11.4 Å². The fraction of sp³-hybridized carbons (Fsp3) is 0.294. The molecule has 1 heterocycles. The van der Waals surface area contributed by atoms with E-state index in [0.29, 0.717) is 0 Å². The van der Waals surface area contributed by atoms with Gasteiger partial charge in [0.2, 0.25) is 0 Å². The Morgan fingerprint density at radius 3 is 2.45 bits per heavy atom. The number of hydrogen-bond donors (Lipinski definition) is 1. The van der Waals surface area contributed by atoms with Crippen molar-refractivity contribution < 1.29 is 8.81 Å². The molecule has 2 aromatic rings. The van der Waals surface area contributed by atoms with E-state index in [2.05, 4.69) is 26.1 Å². The first-order valence-corrected chi connectivity index (χ1v) is 6.71. The SMILES string of the molecule is CC(C)(C)NCC=Cc1ccc(-c2ccc(F)cc2)o1. The van der Waals surface area contributed by atoms with Crippen LogP contribution in [0, 0.1) is 5.82 Å². The summed E-state index contributed by atoms with van der Waals surface area (Å²) in [6.07, 6.45) is 3.96. The van der Waals surface area contributed by atoms with Crippen LogP contribution in [0.5, 0.6) is 0 Å². The highest BCUT2D eigenvalue weighted by Gasteiger charge is 2.06. The number of hydrogen-bond acceptors (Lipinski definition) is 2. The van der Waals surface area contributed by atoms with Crippen molar-refractivity contribution in [2.45, 2.75) is 26.3 Å². The first kappa shape index (κ1) is 14.5. The van der Waals surface area contributed by atoms with Crippen LogP contribution in [0.3, 0.4) is 0 Å². The summed E-state index contributed by atoms with van der Waals surface area (Å²) >= 11 is 0. The van der Waals surface area contributed by atoms with E-state index in [1.165, 1.54) is 12.1 Å². The fourth-order valence-corrected chi connectivity index (χ4v) is 1.75. The molecule has 0 spiro atoms. The second-order valence-electron chi connectivity index (χ2n) is 5.74. The lowest BCUT2D eigenvalue weighted by atomic mass is 10.1. The second-order valence-corrected chi connectivity index (χ2v) is 5.74. The van der Waals surface area contributed by atoms with Crippen LogP contribution < -0.4 is 5.32 Å². The third kappa shape index (κ3) is 4.35. The molecule has 0 fully saturated rings. The molecule has 1 N–H and O–H groups in total. The van der Waals surface area contributed by atoms with Gasteiger partial charge in [0, 0.05) is 17.6 Å². The van der Waals surface area contributed by atoms with Crippen LogP contribution in [0.25, 0.3) is 17.4 Å². The van der Waals surface area contributed by atoms with Crippen LogP contribution in [0.1, 0.15) is 26.5 Å². The molecule has 2 nitrogen and oxygen atoms in total. The average molecular weight is 273 g/mol. The lowest BCUT2D eigenvalue weighted by Crippen LogP contribution is -2.35. The summed E-state index contributed by atoms with van der Waals surface area (Å²) in [5, 5.41) is 3.37. The molecule has 0 saturated carbocycles. The smallest absolute Gasteiger partial charge is 0.134 e. The Morgan fingerprint density at radius 2 is 1.80 bits per heavy atom. The van der Waals surface area contributed by atoms with Crippen LogP contribution >= 0.6 is 0 Å². The van der Waals surface area contributed by atoms with E-state index >= 15 is 0 Å². The first-order chi connectivity index (χ1) is 9.44. The maximum atomic E-state index is 12.9. The van der Waals surface area contributed by atoms with Gasteiger partial charge in [0.05, 0.1) is 0 Å². The van der Waals surface area contributed by atoms with Crippen LogP contribution in [0.2, 0.25) is 0 Å². The number of rotatable bonds is 4. The summed E-state index contributed by atoms with van der Waals surface area (Å²) in [4.78, 5) is 0. The van der Waals surface area contributed by atoms with Gasteiger partial charge in [-0.05, 0) is 63.2 Å². The standard InChI is InChI=1S/C17H20FNO/c1-17(2,3)19-12-4-5-15-10-11-16(20-15)13-6-8-14(18)9-7-13/h4-11,19H,12H2,1-3H3. The van der Waals surface area contributed by atoms with Crippen molar-refractivity contribution in [2.75, 3.05) is 6.54 Å². The van der Waals surface area contributed by atoms with Crippen molar-refractivity contribution in [3.05, 3.63) is 54.1 Å². The van der Waals surface area contributed by atoms with E-state index in [0.717, 1.165) is 23.6 Å². The minimum Gasteiger partial charge on any atom is -0.457 e. The van der Waals surface area contributed by atoms with Gasteiger partial charge in [-0.2, -0.15) is 0 Å². The summed E-state index contributed by atoms with van der Waals surface area (Å²) in [5.41, 5.74) is 0.978. The predicted octanol–water partition coefficient (Wildman–Crippen LogP) is 4.49. The minimum absolute atomic E-state index is 0.104. The highest BCUT2D eigenvalue weighted by atomic mass is 19.1. The molecule has 0 amide bonds. The molecule has 2 rings (SSSR count). The Morgan fingerprint density at radius 1 is 1.10 bits per heavy atom. The summed E-state index contributed by atoms with van der Waals surface area (Å²) in [6.45, 7) is 7.16. The molecule has 0 saturated heterocycles. The molecule has 0 radical (unpaired) electrons. The topological polar surface area (TPSA) is 25.2 Å². The molecule has 106 valence electrons. The molecule has 1 aromatic heterocycles. The summed E-state index contributed by atoms with van der Waals surface area (Å²) in [5.74, 6) is 1.29. The maximum Gasteiger partial charge on any atom is 0.134 e. The fourth-order valence-electron chi connectivity index (χ4n) is 1.75. The highest BCUT2D eigenvalue weighted by molar-refractivity contribution is 5.59. The van der Waals surface area contributed by atoms with E-state index in [4.69, 9.17) is 4.42 Å². The van der Waals surface area contributed by atoms with Gasteiger partial charge < -0.3 is 9.73 Å². The number of nitrogens with one attached hydrogen (secondary N) is 1. The molecule has 0 aliphatic carbocycles. The van der Waals surface area contributed by atoms with Gasteiger partial charge in [0.1, 0.15) is 17.3 Å². The zero-order valence-corrected chi connectivity index (χ0v) is 12.1. The Labute approximate surface area is 119 Å². The predicted molar refractivity (Wildman–Crippen MR) is 80.9 cm³/mol. The lowest BCUT2D eigenvalue weighted by Gasteiger charge is -2.18. The van der Waals surface area contributed by atoms with Crippen molar-refractivity contribution in [2.24, 2.45) is 0 Å². The third-order valence-corrected chi connectivity index (χ3v) is 2.79. The van der Waals surface area contributed by atoms with E-state index in [9.17, 15) is 4.39 Å². The molecular weight excluding hydrogens is 253 g/mol. The lowest BCUT2D eigenvalue weighted by molar-refractivity contribution is 0.449. The van der Waals surface area contributed by atoms with Gasteiger partial charge in [-0.25, -0.2) is 4.39 Å². The minimum atomic E-state index is -0.242. The van der Waals surface area contributed by atoms with Crippen molar-refractivity contribution >= 4 is 6.08 Å². The third-order valence-electron chi connectivity index (χ3n) is 2.79. The van der Waals surface area contributed by atoms with Crippen molar-refractivity contribution in [1.82, 2.24) is 5.32 Å². The molecular formula is C17H20FNO. The highest BCUT2D eigenvalue weighted by Crippen LogP contribution is 2.22. The van der Waals surface area contributed by atoms with Gasteiger partial charge in [-0.15, -0.1) is 0 Å². The second kappa shape index (κ2) is 6.06. The Hall–Kier alpha value is -1.87. The number of benzene rings is 1. The maximum absolute atomic E-state index is 12.9. The van der Waals surface area contributed by atoms with Gasteiger partial charge in [0.15, 0.2) is 0 Å². The molecule has 0 aliphatic heterocycles. The van der Waals surface area contributed by atoms with Gasteiger partial charge in [-0.1, -0.05) is 6.08 Å². The van der Waals surface area contributed by atoms with Crippen molar-refractivity contribution in [3.63, 3.8) is 0 Å². The molecule has 0 bridgehead atoms. The number of halogens is 1. The van der Waals surface area contributed by atoms with Crippen LogP contribution in [0.4, 0.5) is 4.39 Å². The first-order valence-electron chi connectivity index (χ1n) is 6.71. The van der Waals surface area contributed by atoms with E-state index in [1.54, 1.807) is 12.1 Å². The Kier molecular flexibility index (Phi) is 4.40. The summed E-state index contributed by atoms with van der Waals surface area (Å²) in [7, 11) is 0. The molecule has 0 unspecified atom stereocenters. The monoisotopic (exact) mass is 273 g/mol. The summed E-state index contributed by atoms with van der Waals surface area (Å²) in [6, 6.07) is 10.1. The Balaban J connectivity index is 1.99. The Bertz CT molecular complexity index is 576. The zero-order chi connectivity index (χ0) is 14.6. The quantitative estimate of drug-likeness (QED) is 0.888. The van der Waals surface area contributed by atoms with E-state index < -0.39 is 0 Å². The molecule has 0 atom stereocenters. The van der Waals surface area contributed by atoms with Crippen LogP contribution in [-0.2, 0) is 0 Å². The van der Waals surface area contributed by atoms with Crippen LogP contribution in [0.15, 0.2) is 46.9 Å². The molecule has 3 heteroatoms. The van der Waals surface area contributed by atoms with Crippen LogP contribution in [-0.4, -0.2) is 12.1 Å². The zero-order valence-electron chi connectivity index (χ0n) is 12.1. The van der Waals surface area contributed by atoms with Crippen molar-refractivity contribution in [1.29, 1.82) is 0 Å². The largest absolute Gasteiger partial charge is 0.457 e. The normalized spacial score (nSPS) is 12.2. The average Bonchev–Trinajstić information content (AvgIpc) is 2.83. The van der Waals surface area contributed by atoms with Gasteiger partial charge in [0.25, 0.3) is 0 Å².